The van der Waals surface area contributed by atoms with Crippen molar-refractivity contribution in [2.24, 2.45) is 0 Å². The molecule has 0 aliphatic heterocycles. The molecule has 2 aromatic rings. The van der Waals surface area contributed by atoms with E-state index in [2.05, 4.69) is 6.58 Å². The van der Waals surface area contributed by atoms with E-state index in [1.165, 1.54) is 6.92 Å². The Morgan fingerprint density at radius 1 is 1.04 bits per heavy atom. The van der Waals surface area contributed by atoms with Gasteiger partial charge in [0.25, 0.3) is 0 Å². The van der Waals surface area contributed by atoms with E-state index in [0.29, 0.717) is 11.3 Å². The van der Waals surface area contributed by atoms with Crippen molar-refractivity contribution in [1.29, 1.82) is 0 Å². The number of hydrogen-bond acceptors (Lipinski definition) is 3. The predicted molar refractivity (Wildman–Crippen MR) is 92.7 cm³/mol. The molecule has 0 aliphatic rings. The third-order valence-electron chi connectivity index (χ3n) is 3.38. The highest BCUT2D eigenvalue weighted by atomic mass is 16.5. The van der Waals surface area contributed by atoms with Crippen LogP contribution in [0.25, 0.3) is 6.08 Å². The van der Waals surface area contributed by atoms with Crippen LogP contribution in [0.15, 0.2) is 72.8 Å². The van der Waals surface area contributed by atoms with E-state index in [4.69, 9.17) is 9.47 Å². The van der Waals surface area contributed by atoms with Gasteiger partial charge in [-0.15, -0.1) is 0 Å². The van der Waals surface area contributed by atoms with Crippen LogP contribution in [0.3, 0.4) is 0 Å². The summed E-state index contributed by atoms with van der Waals surface area (Å²) in [4.78, 5) is 11.7. The number of ether oxygens (including phenoxy) is 2. The lowest BCUT2D eigenvalue weighted by molar-refractivity contribution is -0.114. The lowest BCUT2D eigenvalue weighted by atomic mass is 10.1. The summed E-state index contributed by atoms with van der Waals surface area (Å²) in [7, 11) is 1.61. The molecular formula is C20H20O3. The summed E-state index contributed by atoms with van der Waals surface area (Å²) in [6.07, 6.45) is 3.24. The minimum Gasteiger partial charge on any atom is -0.497 e. The van der Waals surface area contributed by atoms with Gasteiger partial charge in [-0.2, -0.15) is 0 Å². The summed E-state index contributed by atoms with van der Waals surface area (Å²) >= 11 is 0. The van der Waals surface area contributed by atoms with Crippen LogP contribution in [0.2, 0.25) is 0 Å². The molecule has 23 heavy (non-hydrogen) atoms. The molecule has 0 heterocycles. The number of methoxy groups -OCH3 is 1. The number of Topliss-reactive ketones (excluding diaryl/α,β-unsaturated/α-hetero) is 1. The molecule has 0 unspecified atom stereocenters. The molecule has 0 saturated carbocycles. The van der Waals surface area contributed by atoms with Gasteiger partial charge in [0, 0.05) is 5.57 Å². The largest absolute Gasteiger partial charge is 0.497 e. The van der Waals surface area contributed by atoms with E-state index >= 15 is 0 Å². The number of carbonyl (C=O) groups is 1. The van der Waals surface area contributed by atoms with Crippen LogP contribution < -0.4 is 9.47 Å². The SMILES string of the molecule is C=C(C(C)=O)[C@H](/C=C/c1ccccc1)Oc1ccc(OC)cc1. The molecule has 3 heteroatoms. The molecule has 118 valence electrons. The van der Waals surface area contributed by atoms with Crippen molar-refractivity contribution in [3.63, 3.8) is 0 Å². The fourth-order valence-corrected chi connectivity index (χ4v) is 1.99. The second-order valence-electron chi connectivity index (χ2n) is 5.07. The van der Waals surface area contributed by atoms with Gasteiger partial charge in [0.2, 0.25) is 0 Å². The molecule has 0 N–H and O–H groups in total. The topological polar surface area (TPSA) is 35.5 Å². The van der Waals surface area contributed by atoms with E-state index in [1.807, 2.05) is 54.6 Å². The molecule has 2 rings (SSSR count). The molecule has 0 spiro atoms. The Balaban J connectivity index is 2.18. The van der Waals surface area contributed by atoms with Crippen molar-refractivity contribution in [1.82, 2.24) is 0 Å². The Labute approximate surface area is 136 Å². The van der Waals surface area contributed by atoms with Gasteiger partial charge in [-0.3, -0.25) is 4.79 Å². The van der Waals surface area contributed by atoms with Crippen molar-refractivity contribution in [2.45, 2.75) is 13.0 Å². The highest BCUT2D eigenvalue weighted by Gasteiger charge is 2.15. The van der Waals surface area contributed by atoms with E-state index in [1.54, 1.807) is 19.2 Å². The second-order valence-corrected chi connectivity index (χ2v) is 5.07. The quantitative estimate of drug-likeness (QED) is 0.715. The van der Waals surface area contributed by atoms with Crippen LogP contribution >= 0.6 is 0 Å². The van der Waals surface area contributed by atoms with E-state index in [0.717, 1.165) is 11.3 Å². The van der Waals surface area contributed by atoms with Crippen LogP contribution in [0.4, 0.5) is 0 Å². The standard InChI is InChI=1S/C20H20O3/c1-15(16(2)21)20(14-9-17-7-5-4-6-8-17)23-19-12-10-18(22-3)11-13-19/h4-14,20H,1H2,2-3H3/b14-9+/t20-/m0/s1. The van der Waals surface area contributed by atoms with Gasteiger partial charge >= 0.3 is 0 Å². The van der Waals surface area contributed by atoms with Crippen molar-refractivity contribution in [2.75, 3.05) is 7.11 Å². The fourth-order valence-electron chi connectivity index (χ4n) is 1.99. The van der Waals surface area contributed by atoms with Crippen molar-refractivity contribution >= 4 is 11.9 Å². The molecule has 0 amide bonds. The van der Waals surface area contributed by atoms with E-state index < -0.39 is 6.10 Å². The summed E-state index contributed by atoms with van der Waals surface area (Å²) in [5, 5.41) is 0. The number of ketones is 1. The van der Waals surface area contributed by atoms with Gasteiger partial charge in [0.15, 0.2) is 5.78 Å². The van der Waals surface area contributed by atoms with Crippen molar-refractivity contribution in [3.05, 3.63) is 78.4 Å². The minimum atomic E-state index is -0.513. The third-order valence-corrected chi connectivity index (χ3v) is 3.38. The van der Waals surface area contributed by atoms with Crippen LogP contribution in [0.5, 0.6) is 11.5 Å². The Kier molecular flexibility index (Phi) is 5.75. The van der Waals surface area contributed by atoms with Crippen molar-refractivity contribution < 1.29 is 14.3 Å². The zero-order chi connectivity index (χ0) is 16.7. The highest BCUT2D eigenvalue weighted by Crippen LogP contribution is 2.21. The predicted octanol–water partition coefficient (Wildman–Crippen LogP) is 4.30. The van der Waals surface area contributed by atoms with Crippen LogP contribution in [-0.2, 0) is 4.79 Å². The Hall–Kier alpha value is -2.81. The molecule has 0 aromatic heterocycles. The van der Waals surface area contributed by atoms with Gasteiger partial charge in [0.05, 0.1) is 7.11 Å². The molecule has 2 aromatic carbocycles. The zero-order valence-electron chi connectivity index (χ0n) is 13.4. The summed E-state index contributed by atoms with van der Waals surface area (Å²) in [5.74, 6) is 1.30. The normalized spacial score (nSPS) is 11.9. The summed E-state index contributed by atoms with van der Waals surface area (Å²) < 4.78 is 11.0. The highest BCUT2D eigenvalue weighted by molar-refractivity contribution is 5.94. The van der Waals surface area contributed by atoms with Gasteiger partial charge in [-0.1, -0.05) is 43.0 Å². The van der Waals surface area contributed by atoms with E-state index in [9.17, 15) is 4.79 Å². The average Bonchev–Trinajstić information content (AvgIpc) is 2.59. The first-order valence-electron chi connectivity index (χ1n) is 7.34. The first-order valence-corrected chi connectivity index (χ1v) is 7.34. The lowest BCUT2D eigenvalue weighted by Crippen LogP contribution is -2.20. The maximum Gasteiger partial charge on any atom is 0.159 e. The number of benzene rings is 2. The fraction of sp³-hybridized carbons (Fsp3) is 0.150. The first kappa shape index (κ1) is 16.6. The Morgan fingerprint density at radius 2 is 1.65 bits per heavy atom. The third kappa shape index (κ3) is 4.85. The minimum absolute atomic E-state index is 0.0961. The van der Waals surface area contributed by atoms with Gasteiger partial charge in [-0.05, 0) is 42.8 Å². The summed E-state index contributed by atoms with van der Waals surface area (Å²) in [6.45, 7) is 5.34. The van der Waals surface area contributed by atoms with Gasteiger partial charge in [-0.25, -0.2) is 0 Å². The maximum atomic E-state index is 11.7. The van der Waals surface area contributed by atoms with E-state index in [-0.39, 0.29) is 5.78 Å². The van der Waals surface area contributed by atoms with Crippen molar-refractivity contribution in [3.8, 4) is 11.5 Å². The molecule has 3 nitrogen and oxygen atoms in total. The van der Waals surface area contributed by atoms with Crippen LogP contribution in [0.1, 0.15) is 12.5 Å². The average molecular weight is 308 g/mol. The van der Waals surface area contributed by atoms with Crippen LogP contribution in [0, 0.1) is 0 Å². The smallest absolute Gasteiger partial charge is 0.159 e. The molecule has 0 fully saturated rings. The van der Waals surface area contributed by atoms with Crippen LogP contribution in [-0.4, -0.2) is 19.0 Å². The summed E-state index contributed by atoms with van der Waals surface area (Å²) in [5.41, 5.74) is 1.44. The molecule has 0 radical (unpaired) electrons. The molecule has 0 bridgehead atoms. The second kappa shape index (κ2) is 7.99. The maximum absolute atomic E-state index is 11.7. The number of rotatable bonds is 7. The lowest BCUT2D eigenvalue weighted by Gasteiger charge is -2.17. The summed E-state index contributed by atoms with van der Waals surface area (Å²) in [6, 6.07) is 17.1. The van der Waals surface area contributed by atoms with Gasteiger partial charge in [0.1, 0.15) is 17.6 Å². The number of carbonyl (C=O) groups excluding carboxylic acids is 1. The monoisotopic (exact) mass is 308 g/mol. The van der Waals surface area contributed by atoms with Gasteiger partial charge < -0.3 is 9.47 Å². The Bertz CT molecular complexity index is 685. The molecule has 0 saturated heterocycles. The molecule has 0 aliphatic carbocycles. The molecule has 1 atom stereocenters. The Morgan fingerprint density at radius 3 is 2.22 bits per heavy atom. The first-order chi connectivity index (χ1) is 11.1. The zero-order valence-corrected chi connectivity index (χ0v) is 13.4. The molecular weight excluding hydrogens is 288 g/mol. The number of hydrogen-bond donors (Lipinski definition) is 0.